The second-order valence-electron chi connectivity index (χ2n) is 18.6. The summed E-state index contributed by atoms with van der Waals surface area (Å²) in [4.78, 5) is 13.3. The van der Waals surface area contributed by atoms with Gasteiger partial charge in [-0.15, -0.1) is 0 Å². The van der Waals surface area contributed by atoms with Gasteiger partial charge in [0.25, 0.3) is 0 Å². The van der Waals surface area contributed by atoms with Crippen LogP contribution in [0.4, 0.5) is 23.0 Å². The smallest absolute Gasteiger partial charge is 0.152 e. The van der Waals surface area contributed by atoms with Crippen molar-refractivity contribution in [3.05, 3.63) is 131 Å². The molecule has 348 valence electrons. The first-order valence-corrected chi connectivity index (χ1v) is 26.5. The SMILES string of the molecule is CCCCCCCCc1cccc(N(C2=CC=CN(N(c3cccc(CCCCCCCC)c3)c3cccc(CCCCCCCC)n3)C2)c2cccc(CCCCCCCC)n2)c1. The minimum absolute atomic E-state index is 0.673. The quantitative estimate of drug-likeness (QED) is 0.0437. The normalized spacial score (nSPS) is 12.5. The van der Waals surface area contributed by atoms with Crippen LogP contribution < -0.4 is 9.91 Å². The van der Waals surface area contributed by atoms with Gasteiger partial charge in [-0.1, -0.05) is 193 Å². The molecular weight excluding hydrogens is 779 g/mol. The van der Waals surface area contributed by atoms with E-state index in [1.807, 2.05) is 0 Å². The van der Waals surface area contributed by atoms with E-state index in [-0.39, 0.29) is 0 Å². The van der Waals surface area contributed by atoms with E-state index in [1.165, 1.54) is 188 Å². The maximum Gasteiger partial charge on any atom is 0.152 e. The molecule has 4 aromatic rings. The third kappa shape index (κ3) is 17.9. The minimum Gasteiger partial charge on any atom is -0.297 e. The number of hydrogen-bond acceptors (Lipinski definition) is 5. The lowest BCUT2D eigenvalue weighted by atomic mass is 10.0. The summed E-state index contributed by atoms with van der Waals surface area (Å²) in [6.45, 7) is 9.85. The van der Waals surface area contributed by atoms with E-state index in [0.717, 1.165) is 43.0 Å². The Bertz CT molecular complexity index is 1790. The molecule has 1 aliphatic rings. The molecule has 0 spiro atoms. The third-order valence-electron chi connectivity index (χ3n) is 13.0. The zero-order valence-corrected chi connectivity index (χ0v) is 41.1. The highest BCUT2D eigenvalue weighted by atomic mass is 15.6. The maximum absolute atomic E-state index is 5.42. The molecule has 0 N–H and O–H groups in total. The van der Waals surface area contributed by atoms with E-state index >= 15 is 0 Å². The van der Waals surface area contributed by atoms with Crippen LogP contribution in [0.3, 0.4) is 0 Å². The lowest BCUT2D eigenvalue weighted by Crippen LogP contribution is -2.41. The average Bonchev–Trinajstić information content (AvgIpc) is 3.32. The topological polar surface area (TPSA) is 35.5 Å². The van der Waals surface area contributed by atoms with Gasteiger partial charge in [0.1, 0.15) is 5.82 Å². The fourth-order valence-electron chi connectivity index (χ4n) is 9.21. The first-order chi connectivity index (χ1) is 31.6. The Morgan fingerprint density at radius 3 is 1.39 bits per heavy atom. The molecule has 0 saturated carbocycles. The molecule has 0 fully saturated rings. The number of benzene rings is 2. The molecule has 5 nitrogen and oxygen atoms in total. The number of pyridine rings is 2. The number of nitrogens with zero attached hydrogens (tertiary/aromatic N) is 5. The van der Waals surface area contributed by atoms with Gasteiger partial charge in [0.2, 0.25) is 0 Å². The second kappa shape index (κ2) is 30.7. The summed E-state index contributed by atoms with van der Waals surface area (Å²) in [5.74, 6) is 1.96. The Morgan fingerprint density at radius 1 is 0.438 bits per heavy atom. The monoisotopic (exact) mass is 866 g/mol. The molecular formula is C59H87N5. The van der Waals surface area contributed by atoms with E-state index in [4.69, 9.17) is 9.97 Å². The van der Waals surface area contributed by atoms with Crippen molar-refractivity contribution in [1.29, 1.82) is 0 Å². The van der Waals surface area contributed by atoms with Crippen molar-refractivity contribution in [2.24, 2.45) is 0 Å². The Morgan fingerprint density at radius 2 is 0.859 bits per heavy atom. The standard InChI is InChI=1S/C59H87N5/c1-5-9-13-17-21-25-34-51-36-29-42-55(48-51)63(58-45-31-40-53(60-58)38-27-23-19-15-11-7-3)57-44-33-47-62(50-57)64(56-43-30-37-52(49-56)35-26-22-18-14-10-6-2)59-46-32-41-54(61-59)39-28-24-20-16-12-8-4/h29-33,36-37,40-49H,5-28,34-35,38-39,50H2,1-4H3. The van der Waals surface area contributed by atoms with Gasteiger partial charge in [-0.2, -0.15) is 0 Å². The molecule has 5 rings (SSSR count). The van der Waals surface area contributed by atoms with Gasteiger partial charge in [-0.3, -0.25) is 9.91 Å². The Hall–Kier alpha value is -4.38. The van der Waals surface area contributed by atoms with Crippen LogP contribution in [-0.2, 0) is 25.7 Å². The first-order valence-electron chi connectivity index (χ1n) is 26.5. The summed E-state index contributed by atoms with van der Waals surface area (Å²) in [5, 5.41) is 4.75. The van der Waals surface area contributed by atoms with Crippen molar-refractivity contribution in [2.45, 2.75) is 207 Å². The number of aryl methyl sites for hydroxylation is 4. The molecule has 64 heavy (non-hydrogen) atoms. The van der Waals surface area contributed by atoms with Crippen molar-refractivity contribution in [3.8, 4) is 0 Å². The molecule has 0 saturated heterocycles. The van der Waals surface area contributed by atoms with Crippen molar-refractivity contribution in [2.75, 3.05) is 16.5 Å². The predicted molar refractivity (Wildman–Crippen MR) is 278 cm³/mol. The second-order valence-corrected chi connectivity index (χ2v) is 18.6. The first kappa shape index (κ1) is 50.6. The Balaban J connectivity index is 1.44. The van der Waals surface area contributed by atoms with Crippen molar-refractivity contribution in [3.63, 3.8) is 0 Å². The summed E-state index contributed by atoms with van der Waals surface area (Å²) in [7, 11) is 0. The molecule has 0 amide bonds. The fraction of sp³-hybridized carbons (Fsp3) is 0.559. The van der Waals surface area contributed by atoms with Crippen LogP contribution in [-0.4, -0.2) is 21.5 Å². The number of hydrogen-bond donors (Lipinski definition) is 0. The lowest BCUT2D eigenvalue weighted by Gasteiger charge is -2.39. The number of anilines is 4. The molecule has 3 heterocycles. The van der Waals surface area contributed by atoms with Gasteiger partial charge in [0.05, 0.1) is 12.2 Å². The molecule has 0 atom stereocenters. The Kier molecular flexibility index (Phi) is 24.3. The van der Waals surface area contributed by atoms with Gasteiger partial charge < -0.3 is 0 Å². The van der Waals surface area contributed by atoms with Crippen molar-refractivity contribution >= 4 is 23.0 Å². The highest BCUT2D eigenvalue weighted by Crippen LogP contribution is 2.35. The van der Waals surface area contributed by atoms with Crippen molar-refractivity contribution < 1.29 is 0 Å². The van der Waals surface area contributed by atoms with Crippen LogP contribution in [0.25, 0.3) is 0 Å². The number of rotatable bonds is 34. The molecule has 5 heteroatoms. The van der Waals surface area contributed by atoms with Crippen LogP contribution in [0.15, 0.2) is 109 Å². The number of allylic oxidation sites excluding steroid dienone is 2. The van der Waals surface area contributed by atoms with Crippen molar-refractivity contribution in [1.82, 2.24) is 15.0 Å². The number of unbranched alkanes of at least 4 members (excludes halogenated alkanes) is 20. The fourth-order valence-corrected chi connectivity index (χ4v) is 9.21. The van der Waals surface area contributed by atoms with Crippen LogP contribution in [0, 0.1) is 0 Å². The average molecular weight is 866 g/mol. The van der Waals surface area contributed by atoms with Gasteiger partial charge in [-0.05, 0) is 123 Å². The van der Waals surface area contributed by atoms with E-state index < -0.39 is 0 Å². The molecule has 2 aromatic heterocycles. The predicted octanol–water partition coefficient (Wildman–Crippen LogP) is 17.7. The summed E-state index contributed by atoms with van der Waals surface area (Å²) < 4.78 is 0. The Labute approximate surface area is 391 Å². The highest BCUT2D eigenvalue weighted by Gasteiger charge is 2.25. The summed E-state index contributed by atoms with van der Waals surface area (Å²) in [5.41, 5.74) is 8.69. The zero-order valence-electron chi connectivity index (χ0n) is 41.1. The minimum atomic E-state index is 0.673. The summed E-state index contributed by atoms with van der Waals surface area (Å²) >= 11 is 0. The molecule has 0 bridgehead atoms. The van der Waals surface area contributed by atoms with Crippen LogP contribution in [0.5, 0.6) is 0 Å². The molecule has 1 aliphatic heterocycles. The largest absolute Gasteiger partial charge is 0.297 e. The summed E-state index contributed by atoms with van der Waals surface area (Å²) in [6, 6.07) is 31.9. The van der Waals surface area contributed by atoms with Crippen LogP contribution in [0.1, 0.15) is 204 Å². The number of aromatic nitrogens is 2. The molecule has 2 aromatic carbocycles. The summed E-state index contributed by atoms with van der Waals surface area (Å²) in [6.07, 6.45) is 42.1. The van der Waals surface area contributed by atoms with Crippen LogP contribution >= 0.6 is 0 Å². The van der Waals surface area contributed by atoms with Crippen LogP contribution in [0.2, 0.25) is 0 Å². The molecule has 0 unspecified atom stereocenters. The van der Waals surface area contributed by atoms with E-state index in [9.17, 15) is 0 Å². The van der Waals surface area contributed by atoms with Gasteiger partial charge >= 0.3 is 0 Å². The van der Waals surface area contributed by atoms with E-state index in [2.05, 4.69) is 146 Å². The lowest BCUT2D eigenvalue weighted by molar-refractivity contribution is 0.404. The molecule has 0 aliphatic carbocycles. The van der Waals surface area contributed by atoms with E-state index in [0.29, 0.717) is 6.54 Å². The van der Waals surface area contributed by atoms with Gasteiger partial charge in [0.15, 0.2) is 5.82 Å². The number of hydrazine groups is 1. The van der Waals surface area contributed by atoms with Gasteiger partial charge in [0, 0.05) is 29.0 Å². The third-order valence-corrected chi connectivity index (χ3v) is 13.0. The molecule has 0 radical (unpaired) electrons. The van der Waals surface area contributed by atoms with E-state index in [1.54, 1.807) is 0 Å². The highest BCUT2D eigenvalue weighted by molar-refractivity contribution is 5.68. The van der Waals surface area contributed by atoms with Gasteiger partial charge in [-0.25, -0.2) is 15.0 Å². The maximum atomic E-state index is 5.42. The zero-order chi connectivity index (χ0) is 44.9.